The van der Waals surface area contributed by atoms with E-state index in [2.05, 4.69) is 16.0 Å². The molecule has 4 N–H and O–H groups in total. The maximum absolute atomic E-state index is 12.9. The van der Waals surface area contributed by atoms with E-state index in [9.17, 15) is 19.1 Å². The topological polar surface area (TPSA) is 99.7 Å². The summed E-state index contributed by atoms with van der Waals surface area (Å²) in [6.07, 6.45) is 4.89. The zero-order valence-electron chi connectivity index (χ0n) is 16.5. The van der Waals surface area contributed by atoms with Crippen LogP contribution in [-0.2, 0) is 16.1 Å². The maximum atomic E-state index is 12.9. The van der Waals surface area contributed by atoms with Crippen molar-refractivity contribution in [1.29, 1.82) is 0 Å². The van der Waals surface area contributed by atoms with Crippen LogP contribution in [0.15, 0.2) is 24.3 Å². The Morgan fingerprint density at radius 1 is 1.07 bits per heavy atom. The van der Waals surface area contributed by atoms with Crippen LogP contribution in [0.25, 0.3) is 0 Å². The molecule has 1 aromatic rings. The van der Waals surface area contributed by atoms with Crippen molar-refractivity contribution in [3.8, 4) is 0 Å². The molecular weight excluding hydrogens is 377 g/mol. The Balaban J connectivity index is 1.40. The van der Waals surface area contributed by atoms with Gasteiger partial charge in [-0.15, -0.1) is 0 Å². The Hall–Kier alpha value is -2.19. The molecule has 1 aliphatic carbocycles. The van der Waals surface area contributed by atoms with Crippen LogP contribution in [0.4, 0.5) is 9.18 Å². The minimum absolute atomic E-state index is 0.165. The summed E-state index contributed by atoms with van der Waals surface area (Å²) in [7, 11) is 0. The number of benzene rings is 1. The molecule has 3 atom stereocenters. The number of hydrogen-bond acceptors (Lipinski definition) is 4. The summed E-state index contributed by atoms with van der Waals surface area (Å²) in [6.45, 7) is 0.100. The number of hydrogen-bond donors (Lipinski definition) is 4. The molecule has 2 aliphatic rings. The molecule has 1 saturated heterocycles. The van der Waals surface area contributed by atoms with Gasteiger partial charge in [-0.05, 0) is 43.4 Å². The van der Waals surface area contributed by atoms with Crippen molar-refractivity contribution >= 4 is 11.9 Å². The highest BCUT2D eigenvalue weighted by Crippen LogP contribution is 2.22. The number of aliphatic hydroxyl groups is 1. The molecule has 160 valence electrons. The van der Waals surface area contributed by atoms with E-state index in [1.165, 1.54) is 12.1 Å². The first-order valence-corrected chi connectivity index (χ1v) is 10.4. The van der Waals surface area contributed by atoms with Gasteiger partial charge in [0.1, 0.15) is 11.9 Å². The molecule has 0 spiro atoms. The first-order valence-electron chi connectivity index (χ1n) is 10.4. The van der Waals surface area contributed by atoms with Crippen LogP contribution in [0.2, 0.25) is 0 Å². The molecule has 2 fully saturated rings. The van der Waals surface area contributed by atoms with Gasteiger partial charge in [0.2, 0.25) is 5.91 Å². The fourth-order valence-electron chi connectivity index (χ4n) is 3.99. The van der Waals surface area contributed by atoms with Crippen molar-refractivity contribution in [2.45, 2.75) is 75.8 Å². The van der Waals surface area contributed by atoms with E-state index in [0.29, 0.717) is 19.4 Å². The van der Waals surface area contributed by atoms with Crippen molar-refractivity contribution in [3.63, 3.8) is 0 Å². The maximum Gasteiger partial charge on any atom is 0.315 e. The molecule has 1 aromatic carbocycles. The SMILES string of the molecule is O=C(C[C@@H]1CC[C@@H](NC(=O)NC2CCCC2)[C@H](CO)O1)NCc1ccc(F)cc1. The second kappa shape index (κ2) is 10.5. The van der Waals surface area contributed by atoms with E-state index >= 15 is 0 Å². The van der Waals surface area contributed by atoms with E-state index in [1.54, 1.807) is 12.1 Å². The van der Waals surface area contributed by atoms with Gasteiger partial charge >= 0.3 is 6.03 Å². The van der Waals surface area contributed by atoms with Crippen LogP contribution < -0.4 is 16.0 Å². The lowest BCUT2D eigenvalue weighted by atomic mass is 9.97. The summed E-state index contributed by atoms with van der Waals surface area (Å²) < 4.78 is 18.8. The summed E-state index contributed by atoms with van der Waals surface area (Å²) in [4.78, 5) is 24.4. The molecule has 29 heavy (non-hydrogen) atoms. The minimum atomic E-state index is -0.534. The van der Waals surface area contributed by atoms with Gasteiger partial charge in [-0.2, -0.15) is 0 Å². The predicted molar refractivity (Wildman–Crippen MR) is 106 cm³/mol. The van der Waals surface area contributed by atoms with Crippen LogP contribution in [0.3, 0.4) is 0 Å². The zero-order valence-corrected chi connectivity index (χ0v) is 16.5. The lowest BCUT2D eigenvalue weighted by molar-refractivity contribution is -0.130. The lowest BCUT2D eigenvalue weighted by Crippen LogP contribution is -2.54. The number of nitrogens with one attached hydrogen (secondary N) is 3. The Morgan fingerprint density at radius 2 is 1.79 bits per heavy atom. The molecule has 1 aliphatic heterocycles. The van der Waals surface area contributed by atoms with E-state index in [1.807, 2.05) is 0 Å². The molecule has 0 radical (unpaired) electrons. The normalized spacial score (nSPS) is 24.8. The van der Waals surface area contributed by atoms with Crippen LogP contribution in [0.1, 0.15) is 50.5 Å². The average molecular weight is 407 g/mol. The molecule has 3 rings (SSSR count). The number of ether oxygens (including phenoxy) is 1. The van der Waals surface area contributed by atoms with Crippen LogP contribution in [0.5, 0.6) is 0 Å². The average Bonchev–Trinajstić information content (AvgIpc) is 3.21. The number of rotatable bonds is 7. The quantitative estimate of drug-likeness (QED) is 0.555. The van der Waals surface area contributed by atoms with Gasteiger partial charge in [0, 0.05) is 12.6 Å². The summed E-state index contributed by atoms with van der Waals surface area (Å²) >= 11 is 0. The number of halogens is 1. The van der Waals surface area contributed by atoms with Gasteiger partial charge < -0.3 is 25.8 Å². The molecule has 1 heterocycles. The van der Waals surface area contributed by atoms with Crippen molar-refractivity contribution in [2.24, 2.45) is 0 Å². The van der Waals surface area contributed by atoms with E-state index in [-0.39, 0.29) is 49.0 Å². The smallest absolute Gasteiger partial charge is 0.315 e. The summed E-state index contributed by atoms with van der Waals surface area (Å²) in [5.41, 5.74) is 0.815. The largest absolute Gasteiger partial charge is 0.394 e. The Labute approximate surface area is 170 Å². The first-order chi connectivity index (χ1) is 14.0. The van der Waals surface area contributed by atoms with Crippen molar-refractivity contribution in [2.75, 3.05) is 6.61 Å². The molecule has 3 amide bonds. The fourth-order valence-corrected chi connectivity index (χ4v) is 3.99. The number of carbonyl (C=O) groups is 2. The predicted octanol–water partition coefficient (Wildman–Crippen LogP) is 1.98. The van der Waals surface area contributed by atoms with Gasteiger partial charge in [0.25, 0.3) is 0 Å². The highest BCUT2D eigenvalue weighted by molar-refractivity contribution is 5.76. The number of aliphatic hydroxyl groups excluding tert-OH is 1. The zero-order chi connectivity index (χ0) is 20.6. The van der Waals surface area contributed by atoms with Crippen LogP contribution in [0, 0.1) is 5.82 Å². The number of carbonyl (C=O) groups excluding carboxylic acids is 2. The third kappa shape index (κ3) is 6.68. The molecule has 7 nitrogen and oxygen atoms in total. The highest BCUT2D eigenvalue weighted by Gasteiger charge is 2.33. The Kier molecular flexibility index (Phi) is 7.83. The Bertz CT molecular complexity index is 679. The van der Waals surface area contributed by atoms with Crippen molar-refractivity contribution in [3.05, 3.63) is 35.6 Å². The highest BCUT2D eigenvalue weighted by atomic mass is 19.1. The van der Waals surface area contributed by atoms with Gasteiger partial charge in [-0.3, -0.25) is 4.79 Å². The molecule has 0 bridgehead atoms. The first kappa shape index (κ1) is 21.5. The second-order valence-electron chi connectivity index (χ2n) is 7.87. The third-order valence-corrected chi connectivity index (χ3v) is 5.62. The summed E-state index contributed by atoms with van der Waals surface area (Å²) in [6, 6.07) is 5.69. The van der Waals surface area contributed by atoms with E-state index in [0.717, 1.165) is 31.2 Å². The van der Waals surface area contributed by atoms with Crippen molar-refractivity contribution in [1.82, 2.24) is 16.0 Å². The van der Waals surface area contributed by atoms with E-state index < -0.39 is 6.10 Å². The molecule has 1 saturated carbocycles. The van der Waals surface area contributed by atoms with Crippen molar-refractivity contribution < 1.29 is 23.8 Å². The number of amides is 3. The Morgan fingerprint density at radius 3 is 2.48 bits per heavy atom. The molecule has 8 heteroatoms. The lowest BCUT2D eigenvalue weighted by Gasteiger charge is -2.36. The number of urea groups is 1. The molecule has 0 unspecified atom stereocenters. The summed E-state index contributed by atoms with van der Waals surface area (Å²) in [5.74, 6) is -0.479. The van der Waals surface area contributed by atoms with Gasteiger partial charge in [0.15, 0.2) is 0 Å². The van der Waals surface area contributed by atoms with Crippen LogP contribution in [-0.4, -0.2) is 47.9 Å². The fraction of sp³-hybridized carbons (Fsp3) is 0.619. The summed E-state index contributed by atoms with van der Waals surface area (Å²) in [5, 5.41) is 18.3. The second-order valence-corrected chi connectivity index (χ2v) is 7.87. The monoisotopic (exact) mass is 407 g/mol. The third-order valence-electron chi connectivity index (χ3n) is 5.62. The minimum Gasteiger partial charge on any atom is -0.394 e. The molecule has 0 aromatic heterocycles. The van der Waals surface area contributed by atoms with Gasteiger partial charge in [-0.1, -0.05) is 25.0 Å². The van der Waals surface area contributed by atoms with E-state index in [4.69, 9.17) is 4.74 Å². The van der Waals surface area contributed by atoms with Crippen LogP contribution >= 0.6 is 0 Å². The van der Waals surface area contributed by atoms with Gasteiger partial charge in [0.05, 0.1) is 25.2 Å². The van der Waals surface area contributed by atoms with Gasteiger partial charge in [-0.25, -0.2) is 9.18 Å². The molecular formula is C21H30FN3O4. The standard InChI is InChI=1S/C21H30FN3O4/c22-15-7-5-14(6-8-15)12-23-20(27)11-17-9-10-18(19(13-26)29-17)25-21(28)24-16-3-1-2-4-16/h5-8,16-19,26H,1-4,9-13H2,(H,23,27)(H2,24,25,28)/t17-,18+,19-/m0/s1.